The second kappa shape index (κ2) is 31.4. The second-order valence-corrected chi connectivity index (χ2v) is 42.1. The molecule has 0 saturated heterocycles. The van der Waals surface area contributed by atoms with Crippen molar-refractivity contribution in [3.8, 4) is 111 Å². The summed E-state index contributed by atoms with van der Waals surface area (Å²) < 4.78 is 12.4. The zero-order valence-electron chi connectivity index (χ0n) is 69.4. The number of aromatic nitrogens is 10. The van der Waals surface area contributed by atoms with Gasteiger partial charge in [-0.15, -0.1) is 0 Å². The normalized spacial score (nSPS) is 15.2. The fourth-order valence-electron chi connectivity index (χ4n) is 20.0. The summed E-state index contributed by atoms with van der Waals surface area (Å²) in [5, 5.41) is 13.8. The highest BCUT2D eigenvalue weighted by Gasteiger charge is 2.46. The SMILES string of the molecule is c1ccc2c(c1)-c1ccncc1N1c3ncccc3-c3ccccc3P21.c1ccc2c(c1)-c1cnccc1N1c3ccncc3-c3ccccc3P21.c1ccc2c(c1)-c1cnccc1N1c3ccncc3-c3ccccc3P21.c1ccc2c(c1)-c1cnccc1N1c3cnccc3-c3ccccc3P21.c1ccc2c(c1)-c1cnccc1N1c3ncccc3-c3ccccc3P21. The topological polar surface area (TPSA) is 145 Å². The lowest BCUT2D eigenvalue weighted by atomic mass is 10.0. The summed E-state index contributed by atoms with van der Waals surface area (Å²) in [7, 11) is -3.46. The van der Waals surface area contributed by atoms with Gasteiger partial charge in [0, 0.05) is 208 Å². The maximum Gasteiger partial charge on any atom is 0.144 e. The van der Waals surface area contributed by atoms with Crippen molar-refractivity contribution >= 4 is 151 Å². The molecule has 3 unspecified atom stereocenters. The van der Waals surface area contributed by atoms with Crippen LogP contribution in [0, 0.1) is 0 Å². The molecule has 30 rings (SSSR count). The maximum absolute atomic E-state index is 4.80. The van der Waals surface area contributed by atoms with Crippen LogP contribution in [0.1, 0.15) is 0 Å². The summed E-state index contributed by atoms with van der Waals surface area (Å²) in [4.78, 5) is 44.9. The van der Waals surface area contributed by atoms with Gasteiger partial charge in [-0.1, -0.05) is 243 Å². The molecule has 10 aliphatic rings. The van der Waals surface area contributed by atoms with Crippen molar-refractivity contribution in [2.24, 2.45) is 0 Å². The molecule has 0 radical (unpaired) electrons. The molecule has 20 heterocycles. The fourth-order valence-corrected chi connectivity index (χ4v) is 33.8. The van der Waals surface area contributed by atoms with Crippen molar-refractivity contribution < 1.29 is 0 Å². The predicted molar refractivity (Wildman–Crippen MR) is 538 cm³/mol. The Kier molecular flexibility index (Phi) is 18.4. The van der Waals surface area contributed by atoms with E-state index >= 15 is 0 Å². The van der Waals surface area contributed by atoms with Gasteiger partial charge in [0.25, 0.3) is 0 Å². The van der Waals surface area contributed by atoms with E-state index in [-0.39, 0.29) is 0 Å². The third kappa shape index (κ3) is 11.9. The number of pyridine rings is 10. The van der Waals surface area contributed by atoms with Gasteiger partial charge in [0.05, 0.1) is 98.3 Å². The Morgan fingerprint density at radius 1 is 0.131 bits per heavy atom. The van der Waals surface area contributed by atoms with Crippen molar-refractivity contribution in [3.05, 3.63) is 427 Å². The molecule has 0 saturated carbocycles. The van der Waals surface area contributed by atoms with Crippen LogP contribution in [0.3, 0.4) is 0 Å². The van der Waals surface area contributed by atoms with Crippen LogP contribution in [-0.2, 0) is 0 Å². The molecule has 0 N–H and O–H groups in total. The highest BCUT2D eigenvalue weighted by Crippen LogP contribution is 2.67. The summed E-state index contributed by atoms with van der Waals surface area (Å²) >= 11 is 0. The molecule has 10 aromatic heterocycles. The number of nitrogens with zero attached hydrogens (tertiary/aromatic N) is 15. The summed E-state index contributed by atoms with van der Waals surface area (Å²) in [6, 6.07) is 113. The summed E-state index contributed by atoms with van der Waals surface area (Å²) in [6.45, 7) is 0. The number of hydrogen-bond donors (Lipinski definition) is 0. The Bertz CT molecular complexity index is 6020. The third-order valence-corrected chi connectivity index (χ3v) is 38.0. The lowest BCUT2D eigenvalue weighted by Crippen LogP contribution is -2.34. The van der Waals surface area contributed by atoms with E-state index in [1.54, 1.807) is 0 Å². The molecule has 0 spiro atoms. The van der Waals surface area contributed by atoms with Crippen molar-refractivity contribution in [3.63, 3.8) is 0 Å². The highest BCUT2D eigenvalue weighted by molar-refractivity contribution is 7.77. The van der Waals surface area contributed by atoms with Crippen molar-refractivity contribution in [1.29, 1.82) is 0 Å². The fraction of sp³-hybridized carbons (Fsp3) is 0. The molecule has 130 heavy (non-hydrogen) atoms. The highest BCUT2D eigenvalue weighted by atomic mass is 31.1. The number of hydrogen-bond acceptors (Lipinski definition) is 15. The standard InChI is InChI=1S/5C22H14N3P/c1-3-9-20-16(6-1)15-11-13-23-14-19(15)25-22-18(8-5-12-24-22)17-7-2-4-10-21(17)26(20)25;1-3-9-20-15(6-1)17-8-5-12-24-22(17)25-19-11-13-23-14-18(19)16-7-2-4-10-21(16)26(20)25;1-3-7-21-16(5-1)15-9-11-24-14-20(15)25-19-10-12-23-13-18(19)17-6-2-4-8-22(17)26(21)25;2*1-3-7-21-15(5-1)17-13-23-11-9-19(17)25-20-10-12-24-14-18(20)16-6-2-4-8-22(16)26(21)25/h5*1-14H. The number of benzene rings is 10. The maximum atomic E-state index is 4.80. The Labute approximate surface area is 756 Å². The van der Waals surface area contributed by atoms with Crippen LogP contribution in [0.5, 0.6) is 0 Å². The van der Waals surface area contributed by atoms with E-state index < -0.39 is 40.4 Å². The van der Waals surface area contributed by atoms with E-state index in [1.165, 1.54) is 204 Å². The van der Waals surface area contributed by atoms with Crippen LogP contribution < -0.4 is 76.4 Å². The van der Waals surface area contributed by atoms with Gasteiger partial charge >= 0.3 is 0 Å². The van der Waals surface area contributed by atoms with Crippen LogP contribution in [0.4, 0.5) is 57.1 Å². The molecule has 610 valence electrons. The van der Waals surface area contributed by atoms with Gasteiger partial charge in [-0.2, -0.15) is 0 Å². The largest absolute Gasteiger partial charge is 0.310 e. The molecule has 15 nitrogen and oxygen atoms in total. The van der Waals surface area contributed by atoms with E-state index in [1.807, 2.05) is 124 Å². The van der Waals surface area contributed by atoms with Crippen molar-refractivity contribution in [1.82, 2.24) is 49.8 Å². The first kappa shape index (κ1) is 76.1. The number of anilines is 10. The van der Waals surface area contributed by atoms with Gasteiger partial charge in [-0.3, -0.25) is 49.2 Å². The van der Waals surface area contributed by atoms with Gasteiger partial charge in [0.1, 0.15) is 11.6 Å². The van der Waals surface area contributed by atoms with Crippen LogP contribution in [-0.4, -0.2) is 49.8 Å². The zero-order chi connectivity index (χ0) is 85.4. The van der Waals surface area contributed by atoms with Crippen LogP contribution in [0.15, 0.2) is 427 Å². The van der Waals surface area contributed by atoms with E-state index in [4.69, 9.17) is 9.97 Å². The molecule has 3 atom stereocenters. The molecule has 0 fully saturated rings. The predicted octanol–water partition coefficient (Wildman–Crippen LogP) is 23.1. The van der Waals surface area contributed by atoms with Gasteiger partial charge in [0.15, 0.2) is 0 Å². The minimum atomic E-state index is -0.720. The summed E-state index contributed by atoms with van der Waals surface area (Å²) in [5.74, 6) is 2.07. The molecule has 0 amide bonds. The zero-order valence-corrected chi connectivity index (χ0v) is 73.8. The van der Waals surface area contributed by atoms with Crippen molar-refractivity contribution in [2.45, 2.75) is 0 Å². The molecule has 0 aliphatic carbocycles. The first-order valence-electron chi connectivity index (χ1n) is 43.0. The lowest BCUT2D eigenvalue weighted by Gasteiger charge is -2.44. The molecule has 20 heteroatoms. The summed E-state index contributed by atoms with van der Waals surface area (Å²) in [5.41, 5.74) is 34.7. The molecule has 10 aliphatic heterocycles. The van der Waals surface area contributed by atoms with Crippen molar-refractivity contribution in [2.75, 3.05) is 23.4 Å². The van der Waals surface area contributed by atoms with Crippen LogP contribution >= 0.6 is 40.4 Å². The average Bonchev–Trinajstić information content (AvgIpc) is 0.731. The first-order valence-corrected chi connectivity index (χ1v) is 49.5. The Hall–Kier alpha value is -15.2. The Morgan fingerprint density at radius 2 is 0.308 bits per heavy atom. The molecular weight excluding hydrogens is 1690 g/mol. The minimum Gasteiger partial charge on any atom is -0.310 e. The third-order valence-electron chi connectivity index (χ3n) is 25.4. The van der Waals surface area contributed by atoms with Gasteiger partial charge in [-0.05, 0) is 128 Å². The van der Waals surface area contributed by atoms with Gasteiger partial charge < -0.3 is 14.0 Å². The van der Waals surface area contributed by atoms with Gasteiger partial charge in [0.2, 0.25) is 0 Å². The number of fused-ring (bicyclic) bond motifs is 55. The Morgan fingerprint density at radius 3 is 0.569 bits per heavy atom. The molecule has 0 bridgehead atoms. The smallest absolute Gasteiger partial charge is 0.144 e. The number of rotatable bonds is 0. The van der Waals surface area contributed by atoms with Gasteiger partial charge in [-0.25, -0.2) is 9.97 Å². The lowest BCUT2D eigenvalue weighted by molar-refractivity contribution is 1.21. The molecular formula is C110H70N15P5. The Balaban J connectivity index is 0.0000000856. The van der Waals surface area contributed by atoms with E-state index in [2.05, 4.69) is 367 Å². The second-order valence-electron chi connectivity index (χ2n) is 32.2. The van der Waals surface area contributed by atoms with Crippen LogP contribution in [0.2, 0.25) is 0 Å². The first-order chi connectivity index (χ1) is 64.7. The van der Waals surface area contributed by atoms with Crippen LogP contribution in [0.25, 0.3) is 111 Å². The van der Waals surface area contributed by atoms with E-state index in [0.29, 0.717) is 0 Å². The molecule has 20 aromatic rings. The average molecular weight is 1760 g/mol. The summed E-state index contributed by atoms with van der Waals surface area (Å²) in [6.07, 6.45) is 34.8. The quantitative estimate of drug-likeness (QED) is 0.133. The molecule has 10 aromatic carbocycles. The van der Waals surface area contributed by atoms with E-state index in [9.17, 15) is 0 Å². The monoisotopic (exact) mass is 1760 g/mol. The van der Waals surface area contributed by atoms with E-state index in [0.717, 1.165) is 17.3 Å². The minimum absolute atomic E-state index is 0.673.